The van der Waals surface area contributed by atoms with Gasteiger partial charge < -0.3 is 4.74 Å². The lowest BCUT2D eigenvalue weighted by Gasteiger charge is -2.16. The summed E-state index contributed by atoms with van der Waals surface area (Å²) >= 11 is 0. The largest absolute Gasteiger partial charge is 0.493 e. The number of unbranched alkanes of at least 4 members (excludes halogenated alkanes) is 1. The number of carbonyl (C=O) groups excluding carboxylic acids is 1. The Morgan fingerprint density at radius 3 is 2.67 bits per heavy atom. The number of hydrogen-bond acceptors (Lipinski definition) is 4. The molecule has 0 bridgehead atoms. The van der Waals surface area contributed by atoms with E-state index in [9.17, 15) is 4.79 Å². The molecular weight excluding hydrogens is 338 g/mol. The van der Waals surface area contributed by atoms with E-state index in [0.29, 0.717) is 18.6 Å². The highest BCUT2D eigenvalue weighted by Gasteiger charge is 2.22. The van der Waals surface area contributed by atoms with Crippen LogP contribution >= 0.6 is 0 Å². The van der Waals surface area contributed by atoms with E-state index in [4.69, 9.17) is 4.74 Å². The molecule has 5 heteroatoms. The second-order valence-corrected chi connectivity index (χ2v) is 6.73. The minimum atomic E-state index is -0.337. The molecule has 0 aliphatic heterocycles. The quantitative estimate of drug-likeness (QED) is 0.413. The monoisotopic (exact) mass is 363 g/mol. The number of benzene rings is 2. The van der Waals surface area contributed by atoms with Crippen molar-refractivity contribution in [3.8, 4) is 5.75 Å². The fourth-order valence-electron chi connectivity index (χ4n) is 3.04. The predicted molar refractivity (Wildman–Crippen MR) is 105 cm³/mol. The molecule has 2 aromatic carbocycles. The summed E-state index contributed by atoms with van der Waals surface area (Å²) < 4.78 is 7.57. The minimum Gasteiger partial charge on any atom is -0.493 e. The van der Waals surface area contributed by atoms with Gasteiger partial charge >= 0.3 is 0 Å². The van der Waals surface area contributed by atoms with Gasteiger partial charge in [0.1, 0.15) is 24.4 Å². The third-order valence-corrected chi connectivity index (χ3v) is 4.59. The van der Waals surface area contributed by atoms with Crippen molar-refractivity contribution >= 4 is 5.78 Å². The number of aryl methyl sites for hydroxylation is 2. The van der Waals surface area contributed by atoms with E-state index in [1.165, 1.54) is 11.9 Å². The fraction of sp³-hybridized carbons (Fsp3) is 0.318. The lowest BCUT2D eigenvalue weighted by atomic mass is 9.99. The van der Waals surface area contributed by atoms with Crippen LogP contribution in [0.4, 0.5) is 0 Å². The van der Waals surface area contributed by atoms with Gasteiger partial charge in [-0.2, -0.15) is 5.10 Å². The Bertz CT molecular complexity index is 861. The summed E-state index contributed by atoms with van der Waals surface area (Å²) in [6, 6.07) is 15.2. The number of ether oxygens (including phenoxy) is 1. The van der Waals surface area contributed by atoms with E-state index in [2.05, 4.69) is 35.2 Å². The average molecular weight is 363 g/mol. The van der Waals surface area contributed by atoms with E-state index in [0.717, 1.165) is 24.2 Å². The van der Waals surface area contributed by atoms with Gasteiger partial charge in [-0.1, -0.05) is 42.5 Å². The Balaban J connectivity index is 1.56. The zero-order chi connectivity index (χ0) is 19.1. The van der Waals surface area contributed by atoms with Crippen molar-refractivity contribution in [3.05, 3.63) is 77.9 Å². The molecule has 0 spiro atoms. The van der Waals surface area contributed by atoms with Crippen LogP contribution in [0.25, 0.3) is 0 Å². The minimum absolute atomic E-state index is 0.0662. The zero-order valence-corrected chi connectivity index (χ0v) is 15.8. The Morgan fingerprint density at radius 2 is 1.93 bits per heavy atom. The summed E-state index contributed by atoms with van der Waals surface area (Å²) in [6.45, 7) is 4.74. The summed E-state index contributed by atoms with van der Waals surface area (Å²) in [6.07, 6.45) is 5.52. The molecule has 5 nitrogen and oxygen atoms in total. The van der Waals surface area contributed by atoms with Gasteiger partial charge in [0.25, 0.3) is 0 Å². The number of ketones is 1. The van der Waals surface area contributed by atoms with Crippen LogP contribution in [0.5, 0.6) is 5.75 Å². The van der Waals surface area contributed by atoms with Crippen molar-refractivity contribution in [2.45, 2.75) is 39.2 Å². The maximum absolute atomic E-state index is 12.9. The Hall–Kier alpha value is -2.95. The molecule has 1 heterocycles. The first kappa shape index (κ1) is 18.8. The van der Waals surface area contributed by atoms with Gasteiger partial charge in [-0.3, -0.25) is 4.79 Å². The number of aromatic nitrogens is 3. The second kappa shape index (κ2) is 9.12. The average Bonchev–Trinajstić information content (AvgIpc) is 3.22. The van der Waals surface area contributed by atoms with Gasteiger partial charge in [-0.05, 0) is 50.3 Å². The molecule has 140 valence electrons. The molecule has 0 saturated heterocycles. The van der Waals surface area contributed by atoms with E-state index >= 15 is 0 Å². The molecule has 0 N–H and O–H groups in total. The Morgan fingerprint density at radius 1 is 1.11 bits per heavy atom. The van der Waals surface area contributed by atoms with Gasteiger partial charge in [-0.25, -0.2) is 9.67 Å². The first-order valence-electron chi connectivity index (χ1n) is 9.28. The van der Waals surface area contributed by atoms with Gasteiger partial charge in [-0.15, -0.1) is 0 Å². The van der Waals surface area contributed by atoms with Gasteiger partial charge in [0, 0.05) is 5.56 Å². The standard InChI is InChI=1S/C22H25N3O2/c1-17-11-12-18(2)21(14-17)27-13-7-6-10-20(25-16-23-15-24-25)22(26)19-8-4-3-5-9-19/h3-5,8-9,11-12,14-16,20H,6-7,10,13H2,1-2H3. The van der Waals surface area contributed by atoms with Crippen LogP contribution in [0.2, 0.25) is 0 Å². The molecule has 27 heavy (non-hydrogen) atoms. The van der Waals surface area contributed by atoms with Crippen LogP contribution in [0, 0.1) is 13.8 Å². The molecule has 1 unspecified atom stereocenters. The molecule has 0 aliphatic rings. The molecule has 0 amide bonds. The molecule has 3 aromatic rings. The highest BCUT2D eigenvalue weighted by atomic mass is 16.5. The van der Waals surface area contributed by atoms with Crippen molar-refractivity contribution in [2.24, 2.45) is 0 Å². The van der Waals surface area contributed by atoms with Crippen molar-refractivity contribution in [3.63, 3.8) is 0 Å². The van der Waals surface area contributed by atoms with E-state index in [1.807, 2.05) is 37.3 Å². The lowest BCUT2D eigenvalue weighted by Crippen LogP contribution is -2.20. The second-order valence-electron chi connectivity index (χ2n) is 6.73. The van der Waals surface area contributed by atoms with Crippen LogP contribution in [0.15, 0.2) is 61.2 Å². The highest BCUT2D eigenvalue weighted by molar-refractivity contribution is 5.98. The van der Waals surface area contributed by atoms with Crippen LogP contribution in [0.3, 0.4) is 0 Å². The zero-order valence-electron chi connectivity index (χ0n) is 15.8. The molecule has 0 radical (unpaired) electrons. The first-order chi connectivity index (χ1) is 13.1. The fourth-order valence-corrected chi connectivity index (χ4v) is 3.04. The van der Waals surface area contributed by atoms with E-state index in [-0.39, 0.29) is 11.8 Å². The SMILES string of the molecule is Cc1ccc(C)c(OCCCCC(C(=O)c2ccccc2)n2cncn2)c1. The molecule has 1 aromatic heterocycles. The van der Waals surface area contributed by atoms with Crippen LogP contribution in [0.1, 0.15) is 46.8 Å². The van der Waals surface area contributed by atoms with Crippen LogP contribution < -0.4 is 4.74 Å². The molecule has 3 rings (SSSR count). The molecule has 0 fully saturated rings. The summed E-state index contributed by atoms with van der Waals surface area (Å²) in [5.41, 5.74) is 3.03. The number of rotatable bonds is 9. The maximum Gasteiger partial charge on any atom is 0.187 e. The topological polar surface area (TPSA) is 57.0 Å². The Labute approximate surface area is 160 Å². The van der Waals surface area contributed by atoms with Crippen molar-refractivity contribution in [2.75, 3.05) is 6.61 Å². The Kier molecular flexibility index (Phi) is 6.36. The van der Waals surface area contributed by atoms with E-state index in [1.54, 1.807) is 11.0 Å². The predicted octanol–water partition coefficient (Wildman–Crippen LogP) is 4.57. The third-order valence-electron chi connectivity index (χ3n) is 4.59. The first-order valence-corrected chi connectivity index (χ1v) is 9.28. The number of hydrogen-bond donors (Lipinski definition) is 0. The number of Topliss-reactive ketones (excluding diaryl/α,β-unsaturated/α-hetero) is 1. The summed E-state index contributed by atoms with van der Waals surface area (Å²) in [5, 5.41) is 4.18. The van der Waals surface area contributed by atoms with Gasteiger partial charge in [0.05, 0.1) is 6.61 Å². The number of carbonyl (C=O) groups is 1. The normalized spacial score (nSPS) is 11.9. The smallest absolute Gasteiger partial charge is 0.187 e. The van der Waals surface area contributed by atoms with Gasteiger partial charge in [0.2, 0.25) is 0 Å². The number of nitrogens with zero attached hydrogens (tertiary/aromatic N) is 3. The van der Waals surface area contributed by atoms with Crippen LogP contribution in [-0.4, -0.2) is 27.2 Å². The van der Waals surface area contributed by atoms with Gasteiger partial charge in [0.15, 0.2) is 5.78 Å². The highest BCUT2D eigenvalue weighted by Crippen LogP contribution is 2.22. The lowest BCUT2D eigenvalue weighted by molar-refractivity contribution is 0.0907. The van der Waals surface area contributed by atoms with E-state index < -0.39 is 0 Å². The van der Waals surface area contributed by atoms with Crippen molar-refractivity contribution in [1.29, 1.82) is 0 Å². The third kappa shape index (κ3) is 5.03. The molecule has 1 atom stereocenters. The van der Waals surface area contributed by atoms with Crippen LogP contribution in [-0.2, 0) is 0 Å². The van der Waals surface area contributed by atoms with Crippen molar-refractivity contribution in [1.82, 2.24) is 14.8 Å². The summed E-state index contributed by atoms with van der Waals surface area (Å²) in [5.74, 6) is 1.000. The summed E-state index contributed by atoms with van der Waals surface area (Å²) in [7, 11) is 0. The molecule has 0 aliphatic carbocycles. The maximum atomic E-state index is 12.9. The molecular formula is C22H25N3O2. The summed E-state index contributed by atoms with van der Waals surface area (Å²) in [4.78, 5) is 16.9. The van der Waals surface area contributed by atoms with Crippen molar-refractivity contribution < 1.29 is 9.53 Å². The molecule has 0 saturated carbocycles.